The molecule has 2 rings (SSSR count). The van der Waals surface area contributed by atoms with Crippen molar-refractivity contribution in [1.29, 1.82) is 0 Å². The molecule has 0 aromatic heterocycles. The Hall–Kier alpha value is -1.59. The molecular formula is C16H19BrN2O2. The summed E-state index contributed by atoms with van der Waals surface area (Å²) in [5.41, 5.74) is 0. The van der Waals surface area contributed by atoms with Gasteiger partial charge in [-0.1, -0.05) is 28.1 Å². The van der Waals surface area contributed by atoms with Crippen molar-refractivity contribution in [2.75, 3.05) is 26.7 Å². The van der Waals surface area contributed by atoms with Crippen molar-refractivity contribution in [3.05, 3.63) is 40.9 Å². The van der Waals surface area contributed by atoms with E-state index in [0.29, 0.717) is 12.3 Å². The summed E-state index contributed by atoms with van der Waals surface area (Å²) < 4.78 is 6.57. The molecule has 2 aromatic rings. The van der Waals surface area contributed by atoms with E-state index in [9.17, 15) is 4.79 Å². The van der Waals surface area contributed by atoms with Gasteiger partial charge >= 0.3 is 0 Å². The lowest BCUT2D eigenvalue weighted by Crippen LogP contribution is -2.30. The van der Waals surface area contributed by atoms with Gasteiger partial charge in [-0.25, -0.2) is 0 Å². The molecule has 0 saturated heterocycles. The van der Waals surface area contributed by atoms with Gasteiger partial charge in [0.15, 0.2) is 6.61 Å². The third-order valence-electron chi connectivity index (χ3n) is 3.07. The van der Waals surface area contributed by atoms with Crippen molar-refractivity contribution in [2.45, 2.75) is 6.42 Å². The number of fused-ring (bicyclic) bond motifs is 1. The van der Waals surface area contributed by atoms with E-state index >= 15 is 0 Å². The molecule has 0 fully saturated rings. The van der Waals surface area contributed by atoms with Gasteiger partial charge in [0.25, 0.3) is 5.91 Å². The van der Waals surface area contributed by atoms with Gasteiger partial charge in [-0.3, -0.25) is 4.79 Å². The van der Waals surface area contributed by atoms with Crippen LogP contribution in [0.3, 0.4) is 0 Å². The second-order valence-electron chi connectivity index (χ2n) is 4.75. The maximum absolute atomic E-state index is 11.6. The molecule has 0 spiro atoms. The number of amides is 1. The Bertz CT molecular complexity index is 616. The fourth-order valence-electron chi connectivity index (χ4n) is 1.98. The van der Waals surface area contributed by atoms with Crippen LogP contribution in [-0.4, -0.2) is 32.7 Å². The first-order chi connectivity index (χ1) is 10.2. The molecule has 4 nitrogen and oxygen atoms in total. The van der Waals surface area contributed by atoms with E-state index in [4.69, 9.17) is 4.74 Å². The van der Waals surface area contributed by atoms with Gasteiger partial charge in [-0.05, 0) is 55.1 Å². The Morgan fingerprint density at radius 2 is 1.90 bits per heavy atom. The van der Waals surface area contributed by atoms with Crippen molar-refractivity contribution in [1.82, 2.24) is 10.6 Å². The first-order valence-corrected chi connectivity index (χ1v) is 7.72. The smallest absolute Gasteiger partial charge is 0.257 e. The highest BCUT2D eigenvalue weighted by Crippen LogP contribution is 2.23. The zero-order chi connectivity index (χ0) is 15.1. The molecule has 0 aliphatic heterocycles. The fraction of sp³-hybridized carbons (Fsp3) is 0.312. The van der Waals surface area contributed by atoms with Crippen LogP contribution in [0.5, 0.6) is 5.75 Å². The van der Waals surface area contributed by atoms with Crippen LogP contribution in [0, 0.1) is 0 Å². The Labute approximate surface area is 133 Å². The lowest BCUT2D eigenvalue weighted by Gasteiger charge is -2.08. The van der Waals surface area contributed by atoms with Gasteiger partial charge in [-0.2, -0.15) is 0 Å². The van der Waals surface area contributed by atoms with Crippen LogP contribution in [0.25, 0.3) is 10.8 Å². The molecule has 0 heterocycles. The minimum Gasteiger partial charge on any atom is -0.484 e. The summed E-state index contributed by atoms with van der Waals surface area (Å²) in [7, 11) is 1.89. The number of carbonyl (C=O) groups excluding carboxylic acids is 1. The second-order valence-corrected chi connectivity index (χ2v) is 5.66. The number of hydrogen-bond donors (Lipinski definition) is 2. The van der Waals surface area contributed by atoms with Crippen molar-refractivity contribution >= 4 is 32.6 Å². The highest BCUT2D eigenvalue weighted by Gasteiger charge is 2.03. The monoisotopic (exact) mass is 350 g/mol. The van der Waals surface area contributed by atoms with Gasteiger partial charge in [0.1, 0.15) is 5.75 Å². The van der Waals surface area contributed by atoms with Crippen LogP contribution in [0.2, 0.25) is 0 Å². The molecule has 21 heavy (non-hydrogen) atoms. The first-order valence-electron chi connectivity index (χ1n) is 6.92. The van der Waals surface area contributed by atoms with Gasteiger partial charge in [0, 0.05) is 11.0 Å². The molecule has 2 N–H and O–H groups in total. The van der Waals surface area contributed by atoms with Crippen molar-refractivity contribution in [3.8, 4) is 5.75 Å². The third-order valence-corrected chi connectivity index (χ3v) is 3.56. The molecule has 0 saturated carbocycles. The van der Waals surface area contributed by atoms with E-state index < -0.39 is 0 Å². The first kappa shape index (κ1) is 15.8. The Morgan fingerprint density at radius 3 is 2.71 bits per heavy atom. The summed E-state index contributed by atoms with van der Waals surface area (Å²) in [5.74, 6) is 0.609. The van der Waals surface area contributed by atoms with Crippen molar-refractivity contribution in [3.63, 3.8) is 0 Å². The summed E-state index contributed by atoms with van der Waals surface area (Å²) in [6.45, 7) is 1.59. The van der Waals surface area contributed by atoms with Crippen LogP contribution in [0.15, 0.2) is 40.9 Å². The van der Waals surface area contributed by atoms with E-state index in [1.54, 1.807) is 0 Å². The summed E-state index contributed by atoms with van der Waals surface area (Å²) in [5, 5.41) is 8.08. The average molecular weight is 351 g/mol. The topological polar surface area (TPSA) is 50.4 Å². The summed E-state index contributed by atoms with van der Waals surface area (Å²) in [6.07, 6.45) is 0.910. The van der Waals surface area contributed by atoms with Crippen LogP contribution >= 0.6 is 15.9 Å². The fourth-order valence-corrected chi connectivity index (χ4v) is 2.36. The molecule has 0 aliphatic carbocycles. The number of hydrogen-bond acceptors (Lipinski definition) is 3. The standard InChI is InChI=1S/C16H19BrN2O2/c1-18-7-2-8-19-16(20)11-21-15-6-4-12-9-14(17)5-3-13(12)10-15/h3-6,9-10,18H,2,7-8,11H2,1H3,(H,19,20). The number of benzene rings is 2. The molecule has 0 unspecified atom stereocenters. The van der Waals surface area contributed by atoms with Crippen molar-refractivity contribution in [2.24, 2.45) is 0 Å². The highest BCUT2D eigenvalue weighted by atomic mass is 79.9. The highest BCUT2D eigenvalue weighted by molar-refractivity contribution is 9.10. The minimum atomic E-state index is -0.0954. The Morgan fingerprint density at radius 1 is 1.14 bits per heavy atom. The maximum atomic E-state index is 11.6. The summed E-state index contributed by atoms with van der Waals surface area (Å²) >= 11 is 3.45. The van der Waals surface area contributed by atoms with E-state index in [0.717, 1.165) is 28.2 Å². The maximum Gasteiger partial charge on any atom is 0.257 e. The number of rotatable bonds is 7. The lowest BCUT2D eigenvalue weighted by atomic mass is 10.1. The van der Waals surface area contributed by atoms with Crippen LogP contribution < -0.4 is 15.4 Å². The van der Waals surface area contributed by atoms with Gasteiger partial charge in [0.2, 0.25) is 0 Å². The van der Waals surface area contributed by atoms with Gasteiger partial charge in [-0.15, -0.1) is 0 Å². The zero-order valence-corrected chi connectivity index (χ0v) is 13.6. The van der Waals surface area contributed by atoms with Crippen LogP contribution in [0.4, 0.5) is 0 Å². The quantitative estimate of drug-likeness (QED) is 0.755. The third kappa shape index (κ3) is 5.02. The van der Waals surface area contributed by atoms with Gasteiger partial charge < -0.3 is 15.4 Å². The summed E-state index contributed by atoms with van der Waals surface area (Å²) in [6, 6.07) is 11.9. The van der Waals surface area contributed by atoms with Crippen LogP contribution in [0.1, 0.15) is 6.42 Å². The number of carbonyl (C=O) groups is 1. The molecule has 112 valence electrons. The molecule has 0 aliphatic rings. The second kappa shape index (κ2) is 8.00. The molecule has 0 atom stereocenters. The molecule has 0 bridgehead atoms. The molecular weight excluding hydrogens is 332 g/mol. The van der Waals surface area contributed by atoms with Gasteiger partial charge in [0.05, 0.1) is 0 Å². The predicted molar refractivity (Wildman–Crippen MR) is 88.7 cm³/mol. The number of nitrogens with one attached hydrogen (secondary N) is 2. The van der Waals surface area contributed by atoms with E-state index in [-0.39, 0.29) is 12.5 Å². The lowest BCUT2D eigenvalue weighted by molar-refractivity contribution is -0.123. The van der Waals surface area contributed by atoms with E-state index in [1.165, 1.54) is 0 Å². The van der Waals surface area contributed by atoms with Crippen molar-refractivity contribution < 1.29 is 9.53 Å². The predicted octanol–water partition coefficient (Wildman–Crippen LogP) is 2.71. The molecule has 0 radical (unpaired) electrons. The zero-order valence-electron chi connectivity index (χ0n) is 12.0. The largest absolute Gasteiger partial charge is 0.484 e. The normalized spacial score (nSPS) is 10.6. The Balaban J connectivity index is 1.85. The van der Waals surface area contributed by atoms with Crippen LogP contribution in [-0.2, 0) is 4.79 Å². The molecule has 5 heteroatoms. The number of ether oxygens (including phenoxy) is 1. The van der Waals surface area contributed by atoms with E-state index in [2.05, 4.69) is 26.6 Å². The SMILES string of the molecule is CNCCCNC(=O)COc1ccc2cc(Br)ccc2c1. The minimum absolute atomic E-state index is 0.0432. The summed E-state index contributed by atoms with van der Waals surface area (Å²) in [4.78, 5) is 11.6. The number of halogens is 1. The Kier molecular flexibility index (Phi) is 6.02. The van der Waals surface area contributed by atoms with E-state index in [1.807, 2.05) is 43.4 Å². The molecule has 2 aromatic carbocycles. The average Bonchev–Trinajstić information content (AvgIpc) is 2.49. The molecule has 1 amide bonds.